The molecule has 1 saturated heterocycles. The normalized spacial score (nSPS) is 22.4. The van der Waals surface area contributed by atoms with Crippen LogP contribution in [0.25, 0.3) is 0 Å². The Hall–Kier alpha value is -0.870. The zero-order valence-electron chi connectivity index (χ0n) is 11.3. The Morgan fingerprint density at radius 1 is 1.53 bits per heavy atom. The minimum Gasteiger partial charge on any atom is -0.350 e. The number of hydrogen-bond donors (Lipinski definition) is 2. The second kappa shape index (κ2) is 6.53. The molecule has 0 radical (unpaired) electrons. The summed E-state index contributed by atoms with van der Waals surface area (Å²) in [4.78, 5) is 12.4. The Morgan fingerprint density at radius 2 is 2.37 bits per heavy atom. The van der Waals surface area contributed by atoms with E-state index in [-0.39, 0.29) is 11.4 Å². The molecule has 2 N–H and O–H groups in total. The number of carbonyl (C=O) groups is 1. The summed E-state index contributed by atoms with van der Waals surface area (Å²) < 4.78 is 1.04. The fourth-order valence-electron chi connectivity index (χ4n) is 2.75. The molecule has 19 heavy (non-hydrogen) atoms. The average molecular weight is 325 g/mol. The van der Waals surface area contributed by atoms with Gasteiger partial charge in [0.15, 0.2) is 0 Å². The quantitative estimate of drug-likeness (QED) is 0.874. The van der Waals surface area contributed by atoms with Crippen molar-refractivity contribution in [3.8, 4) is 0 Å². The highest BCUT2D eigenvalue weighted by atomic mass is 79.9. The van der Waals surface area contributed by atoms with E-state index in [0.717, 1.165) is 42.3 Å². The second-order valence-electron chi connectivity index (χ2n) is 5.18. The molecular weight excluding hydrogens is 304 g/mol. The van der Waals surface area contributed by atoms with Crippen LogP contribution in [0.5, 0.6) is 0 Å². The minimum absolute atomic E-state index is 0.145. The van der Waals surface area contributed by atoms with Crippen molar-refractivity contribution in [3.05, 3.63) is 34.3 Å². The van der Waals surface area contributed by atoms with Crippen LogP contribution in [-0.2, 0) is 11.3 Å². The van der Waals surface area contributed by atoms with E-state index in [1.165, 1.54) is 0 Å². The van der Waals surface area contributed by atoms with Crippen LogP contribution in [0.15, 0.2) is 28.7 Å². The number of halogens is 1. The summed E-state index contributed by atoms with van der Waals surface area (Å²) in [6.45, 7) is 3.67. The Kier molecular flexibility index (Phi) is 4.99. The van der Waals surface area contributed by atoms with Crippen molar-refractivity contribution < 1.29 is 4.79 Å². The molecule has 1 fully saturated rings. The lowest BCUT2D eigenvalue weighted by Crippen LogP contribution is -2.53. The van der Waals surface area contributed by atoms with Crippen molar-refractivity contribution in [2.24, 2.45) is 0 Å². The van der Waals surface area contributed by atoms with Gasteiger partial charge in [0, 0.05) is 11.0 Å². The molecule has 0 spiro atoms. The fraction of sp³-hybridized carbons (Fsp3) is 0.533. The van der Waals surface area contributed by atoms with E-state index in [1.54, 1.807) is 0 Å². The molecule has 4 heteroatoms. The van der Waals surface area contributed by atoms with Crippen molar-refractivity contribution in [1.29, 1.82) is 0 Å². The maximum absolute atomic E-state index is 12.4. The molecule has 0 bridgehead atoms. The molecule has 1 atom stereocenters. The van der Waals surface area contributed by atoms with Gasteiger partial charge in [-0.2, -0.15) is 0 Å². The smallest absolute Gasteiger partial charge is 0.240 e. The summed E-state index contributed by atoms with van der Waals surface area (Å²) in [5.41, 5.74) is 0.785. The van der Waals surface area contributed by atoms with Gasteiger partial charge in [-0.05, 0) is 43.5 Å². The molecule has 0 aliphatic carbocycles. The number of rotatable bonds is 5. The van der Waals surface area contributed by atoms with Crippen LogP contribution in [0.3, 0.4) is 0 Å². The van der Waals surface area contributed by atoms with Gasteiger partial charge in [-0.3, -0.25) is 4.79 Å². The highest BCUT2D eigenvalue weighted by molar-refractivity contribution is 9.10. The van der Waals surface area contributed by atoms with Crippen molar-refractivity contribution in [2.45, 2.75) is 44.7 Å². The molecule has 1 aromatic rings. The Bertz CT molecular complexity index is 442. The van der Waals surface area contributed by atoms with E-state index in [2.05, 4.69) is 33.5 Å². The van der Waals surface area contributed by atoms with E-state index in [4.69, 9.17) is 0 Å². The van der Waals surface area contributed by atoms with Crippen molar-refractivity contribution >= 4 is 21.8 Å². The first-order chi connectivity index (χ1) is 9.16. The molecule has 1 aliphatic heterocycles. The number of benzene rings is 1. The maximum Gasteiger partial charge on any atom is 0.240 e. The van der Waals surface area contributed by atoms with Crippen LogP contribution in [0.1, 0.15) is 38.2 Å². The van der Waals surface area contributed by atoms with Gasteiger partial charge in [-0.1, -0.05) is 41.4 Å². The number of hydrogen-bond acceptors (Lipinski definition) is 2. The highest BCUT2D eigenvalue weighted by Gasteiger charge is 2.39. The molecule has 1 aliphatic rings. The van der Waals surface area contributed by atoms with Crippen LogP contribution in [0, 0.1) is 0 Å². The Labute approximate surface area is 123 Å². The molecule has 2 rings (SSSR count). The molecule has 3 nitrogen and oxygen atoms in total. The van der Waals surface area contributed by atoms with E-state index in [9.17, 15) is 4.79 Å². The molecule has 0 aromatic heterocycles. The minimum atomic E-state index is -0.333. The third-order valence-electron chi connectivity index (χ3n) is 3.70. The monoisotopic (exact) mass is 324 g/mol. The number of amides is 1. The Balaban J connectivity index is 1.96. The number of nitrogens with one attached hydrogen (secondary N) is 2. The second-order valence-corrected chi connectivity index (χ2v) is 6.09. The van der Waals surface area contributed by atoms with Gasteiger partial charge >= 0.3 is 0 Å². The first kappa shape index (κ1) is 14.5. The topological polar surface area (TPSA) is 41.1 Å². The van der Waals surface area contributed by atoms with Gasteiger partial charge in [-0.25, -0.2) is 0 Å². The fourth-order valence-corrected chi connectivity index (χ4v) is 3.20. The van der Waals surface area contributed by atoms with E-state index < -0.39 is 0 Å². The molecular formula is C15H21BrN2O. The van der Waals surface area contributed by atoms with Crippen LogP contribution in [0.4, 0.5) is 0 Å². The van der Waals surface area contributed by atoms with Gasteiger partial charge in [0.25, 0.3) is 0 Å². The molecule has 104 valence electrons. The zero-order valence-corrected chi connectivity index (χ0v) is 12.9. The summed E-state index contributed by atoms with van der Waals surface area (Å²) in [6, 6.07) is 8.04. The first-order valence-corrected chi connectivity index (χ1v) is 7.73. The van der Waals surface area contributed by atoms with Crippen LogP contribution < -0.4 is 10.6 Å². The van der Waals surface area contributed by atoms with Crippen LogP contribution >= 0.6 is 15.9 Å². The molecule has 1 unspecified atom stereocenters. The van der Waals surface area contributed by atoms with E-state index in [1.807, 2.05) is 24.3 Å². The van der Waals surface area contributed by atoms with Gasteiger partial charge in [0.05, 0.1) is 5.54 Å². The lowest BCUT2D eigenvalue weighted by atomic mass is 9.91. The van der Waals surface area contributed by atoms with Gasteiger partial charge in [0.1, 0.15) is 0 Å². The lowest BCUT2D eigenvalue weighted by Gasteiger charge is -2.27. The summed E-state index contributed by atoms with van der Waals surface area (Å²) in [6.07, 6.45) is 3.98. The standard InChI is InChI=1S/C15H21BrN2O/c1-2-7-15(8-4-9-18-15)14(19)17-11-12-5-3-6-13(16)10-12/h3,5-6,10,18H,2,4,7-9,11H2,1H3,(H,17,19). The highest BCUT2D eigenvalue weighted by Crippen LogP contribution is 2.25. The zero-order chi connectivity index (χ0) is 13.7. The molecule has 1 amide bonds. The molecule has 1 aromatic carbocycles. The summed E-state index contributed by atoms with van der Waals surface area (Å²) in [5.74, 6) is 0.145. The van der Waals surface area contributed by atoms with Crippen LogP contribution in [-0.4, -0.2) is 18.0 Å². The van der Waals surface area contributed by atoms with E-state index in [0.29, 0.717) is 6.54 Å². The summed E-state index contributed by atoms with van der Waals surface area (Å²) in [7, 11) is 0. The third kappa shape index (κ3) is 3.57. The summed E-state index contributed by atoms with van der Waals surface area (Å²) in [5, 5.41) is 6.47. The Morgan fingerprint density at radius 3 is 3.00 bits per heavy atom. The first-order valence-electron chi connectivity index (χ1n) is 6.94. The van der Waals surface area contributed by atoms with Crippen LogP contribution in [0.2, 0.25) is 0 Å². The number of carbonyl (C=O) groups excluding carboxylic acids is 1. The predicted molar refractivity (Wildman–Crippen MR) is 80.9 cm³/mol. The van der Waals surface area contributed by atoms with Gasteiger partial charge in [0.2, 0.25) is 5.91 Å². The van der Waals surface area contributed by atoms with Gasteiger partial charge in [-0.15, -0.1) is 0 Å². The predicted octanol–water partition coefficient (Wildman–Crippen LogP) is 2.99. The SMILES string of the molecule is CCCC1(C(=O)NCc2cccc(Br)c2)CCCN1. The lowest BCUT2D eigenvalue weighted by molar-refractivity contribution is -0.127. The van der Waals surface area contributed by atoms with Gasteiger partial charge < -0.3 is 10.6 Å². The third-order valence-corrected chi connectivity index (χ3v) is 4.19. The summed E-state index contributed by atoms with van der Waals surface area (Å²) >= 11 is 3.45. The van der Waals surface area contributed by atoms with E-state index >= 15 is 0 Å². The van der Waals surface area contributed by atoms with Crippen molar-refractivity contribution in [1.82, 2.24) is 10.6 Å². The largest absolute Gasteiger partial charge is 0.350 e. The molecule has 1 heterocycles. The maximum atomic E-state index is 12.4. The van der Waals surface area contributed by atoms with Crippen molar-refractivity contribution in [2.75, 3.05) is 6.54 Å². The average Bonchev–Trinajstić information content (AvgIpc) is 2.86. The molecule has 0 saturated carbocycles. The van der Waals surface area contributed by atoms with Crippen molar-refractivity contribution in [3.63, 3.8) is 0 Å².